The molecule has 1 atom stereocenters. The summed E-state index contributed by atoms with van der Waals surface area (Å²) in [4.78, 5) is 17.9. The number of nitrogens with zero attached hydrogens (tertiary/aromatic N) is 1. The quantitative estimate of drug-likeness (QED) is 0.890. The molecule has 0 radical (unpaired) electrons. The summed E-state index contributed by atoms with van der Waals surface area (Å²) in [5, 5.41) is 9.48. The fourth-order valence-corrected chi connectivity index (χ4v) is 4.07. The Bertz CT molecular complexity index is 672. The number of hydrogen-bond donors (Lipinski definition) is 2. The topological polar surface area (TPSA) is 56.3 Å². The van der Waals surface area contributed by atoms with Crippen molar-refractivity contribution in [3.05, 3.63) is 50.1 Å². The van der Waals surface area contributed by atoms with Crippen molar-refractivity contribution >= 4 is 11.3 Å². The fraction of sp³-hybridized carbons (Fsp3) is 0.400. The second-order valence-corrected chi connectivity index (χ2v) is 6.63. The minimum absolute atomic E-state index is 0.0373. The number of phenols is 1. The van der Waals surface area contributed by atoms with Gasteiger partial charge in [0.1, 0.15) is 5.75 Å². The molecular weight excluding hydrogens is 272 g/mol. The minimum atomic E-state index is -0.105. The molecule has 0 spiro atoms. The van der Waals surface area contributed by atoms with Gasteiger partial charge in [-0.1, -0.05) is 23.5 Å². The molecule has 0 saturated carbocycles. The van der Waals surface area contributed by atoms with Gasteiger partial charge in [0.05, 0.1) is 5.54 Å². The van der Waals surface area contributed by atoms with Gasteiger partial charge >= 0.3 is 4.87 Å². The number of likely N-dealkylation sites (N-methyl/N-ethyl adjacent to an activating group) is 1. The molecule has 2 aromatic rings. The maximum absolute atomic E-state index is 11.5. The summed E-state index contributed by atoms with van der Waals surface area (Å²) in [5.74, 6) is 0.283. The van der Waals surface area contributed by atoms with E-state index in [9.17, 15) is 9.90 Å². The average molecular weight is 290 g/mol. The Kier molecular flexibility index (Phi) is 3.18. The van der Waals surface area contributed by atoms with Crippen LogP contribution in [0.2, 0.25) is 0 Å². The van der Waals surface area contributed by atoms with Crippen LogP contribution in [0.15, 0.2) is 29.1 Å². The zero-order valence-electron chi connectivity index (χ0n) is 11.6. The van der Waals surface area contributed by atoms with Crippen LogP contribution in [0, 0.1) is 0 Å². The lowest BCUT2D eigenvalue weighted by molar-refractivity contribution is 0.131. The lowest BCUT2D eigenvalue weighted by Crippen LogP contribution is -2.45. The number of aromatic amines is 1. The molecule has 1 aromatic carbocycles. The first-order valence-corrected chi connectivity index (χ1v) is 7.51. The summed E-state index contributed by atoms with van der Waals surface area (Å²) in [6.45, 7) is 0. The van der Waals surface area contributed by atoms with Gasteiger partial charge in [-0.25, -0.2) is 0 Å². The van der Waals surface area contributed by atoms with Crippen LogP contribution >= 0.6 is 11.3 Å². The number of aromatic hydroxyl groups is 1. The van der Waals surface area contributed by atoms with Crippen molar-refractivity contribution in [3.8, 4) is 5.75 Å². The smallest absolute Gasteiger partial charge is 0.304 e. The second kappa shape index (κ2) is 4.75. The summed E-state index contributed by atoms with van der Waals surface area (Å²) in [7, 11) is 4.15. The van der Waals surface area contributed by atoms with Gasteiger partial charge in [0.2, 0.25) is 0 Å². The summed E-state index contributed by atoms with van der Waals surface area (Å²) >= 11 is 1.32. The summed E-state index contributed by atoms with van der Waals surface area (Å²) in [6, 6.07) is 7.43. The van der Waals surface area contributed by atoms with Gasteiger partial charge in [0.25, 0.3) is 0 Å². The molecule has 2 N–H and O–H groups in total. The molecule has 1 aliphatic rings. The number of fused-ring (bicyclic) bond motifs is 1. The Morgan fingerprint density at radius 3 is 2.65 bits per heavy atom. The van der Waals surface area contributed by atoms with E-state index >= 15 is 0 Å². The molecule has 1 unspecified atom stereocenters. The molecule has 0 saturated heterocycles. The predicted octanol–water partition coefficient (Wildman–Crippen LogP) is 2.09. The van der Waals surface area contributed by atoms with E-state index < -0.39 is 0 Å². The Hall–Kier alpha value is -1.59. The molecule has 106 valence electrons. The number of rotatable bonds is 2. The van der Waals surface area contributed by atoms with Gasteiger partial charge in [-0.2, -0.15) is 0 Å². The first-order valence-electron chi connectivity index (χ1n) is 6.69. The standard InChI is InChI=1S/C15H18N2O2S/c1-17(2)15(10-3-5-11(18)6-4-10)8-7-12-13(9-15)20-14(19)16-12/h3-6,18H,7-9H2,1-2H3,(H,16,19). The van der Waals surface area contributed by atoms with E-state index in [1.54, 1.807) is 12.1 Å². The zero-order chi connectivity index (χ0) is 14.3. The van der Waals surface area contributed by atoms with Crippen molar-refractivity contribution in [2.45, 2.75) is 24.8 Å². The van der Waals surface area contributed by atoms with E-state index in [0.29, 0.717) is 0 Å². The lowest BCUT2D eigenvalue weighted by atomic mass is 9.77. The summed E-state index contributed by atoms with van der Waals surface area (Å²) < 4.78 is 0. The van der Waals surface area contributed by atoms with Crippen LogP contribution in [0.5, 0.6) is 5.75 Å². The van der Waals surface area contributed by atoms with Crippen molar-refractivity contribution in [1.29, 1.82) is 0 Å². The number of hydrogen-bond acceptors (Lipinski definition) is 4. The highest BCUT2D eigenvalue weighted by Gasteiger charge is 2.39. The number of benzene rings is 1. The molecule has 4 nitrogen and oxygen atoms in total. The fourth-order valence-electron chi connectivity index (χ4n) is 3.08. The van der Waals surface area contributed by atoms with Crippen LogP contribution in [-0.4, -0.2) is 29.1 Å². The molecule has 5 heteroatoms. The van der Waals surface area contributed by atoms with E-state index in [1.807, 2.05) is 12.1 Å². The van der Waals surface area contributed by atoms with Gasteiger partial charge in [0.15, 0.2) is 0 Å². The van der Waals surface area contributed by atoms with Gasteiger partial charge in [0, 0.05) is 17.0 Å². The second-order valence-electron chi connectivity index (χ2n) is 5.57. The van der Waals surface area contributed by atoms with Crippen molar-refractivity contribution < 1.29 is 5.11 Å². The van der Waals surface area contributed by atoms with Crippen LogP contribution < -0.4 is 4.87 Å². The zero-order valence-corrected chi connectivity index (χ0v) is 12.5. The number of H-pyrrole nitrogens is 1. The Labute approximate surface area is 121 Å². The largest absolute Gasteiger partial charge is 0.508 e. The molecule has 20 heavy (non-hydrogen) atoms. The van der Waals surface area contributed by atoms with Crippen LogP contribution in [0.1, 0.15) is 22.6 Å². The van der Waals surface area contributed by atoms with Crippen molar-refractivity contribution in [3.63, 3.8) is 0 Å². The maximum Gasteiger partial charge on any atom is 0.304 e. The average Bonchev–Trinajstić information content (AvgIpc) is 2.78. The highest BCUT2D eigenvalue weighted by molar-refractivity contribution is 7.09. The molecule has 0 fully saturated rings. The number of aryl methyl sites for hydroxylation is 1. The number of aromatic nitrogens is 1. The van der Waals surface area contributed by atoms with Crippen LogP contribution in [0.3, 0.4) is 0 Å². The van der Waals surface area contributed by atoms with E-state index in [0.717, 1.165) is 29.8 Å². The lowest BCUT2D eigenvalue weighted by Gasteiger charge is -2.43. The van der Waals surface area contributed by atoms with Crippen molar-refractivity contribution in [2.75, 3.05) is 14.1 Å². The molecule has 1 heterocycles. The van der Waals surface area contributed by atoms with Crippen LogP contribution in [0.25, 0.3) is 0 Å². The summed E-state index contributed by atoms with van der Waals surface area (Å²) in [5.41, 5.74) is 2.18. The van der Waals surface area contributed by atoms with Crippen LogP contribution in [-0.2, 0) is 18.4 Å². The highest BCUT2D eigenvalue weighted by atomic mass is 32.1. The highest BCUT2D eigenvalue weighted by Crippen LogP contribution is 2.40. The Morgan fingerprint density at radius 1 is 1.30 bits per heavy atom. The molecule has 0 aliphatic heterocycles. The number of thiazole rings is 1. The molecule has 1 aliphatic carbocycles. The maximum atomic E-state index is 11.5. The summed E-state index contributed by atoms with van der Waals surface area (Å²) in [6.07, 6.45) is 2.68. The molecule has 0 amide bonds. The predicted molar refractivity (Wildman–Crippen MR) is 80.4 cm³/mol. The molecular formula is C15H18N2O2S. The third kappa shape index (κ3) is 2.07. The van der Waals surface area contributed by atoms with Gasteiger partial charge < -0.3 is 10.1 Å². The van der Waals surface area contributed by atoms with Gasteiger partial charge in [-0.15, -0.1) is 0 Å². The van der Waals surface area contributed by atoms with E-state index in [1.165, 1.54) is 16.9 Å². The third-order valence-corrected chi connectivity index (χ3v) is 5.23. The first-order chi connectivity index (χ1) is 9.51. The van der Waals surface area contributed by atoms with Crippen LogP contribution in [0.4, 0.5) is 0 Å². The Morgan fingerprint density at radius 2 is 2.00 bits per heavy atom. The molecule has 1 aromatic heterocycles. The van der Waals surface area contributed by atoms with Crippen molar-refractivity contribution in [2.24, 2.45) is 0 Å². The van der Waals surface area contributed by atoms with E-state index in [-0.39, 0.29) is 16.2 Å². The normalized spacial score (nSPS) is 21.9. The van der Waals surface area contributed by atoms with E-state index in [2.05, 4.69) is 24.0 Å². The monoisotopic (exact) mass is 290 g/mol. The van der Waals surface area contributed by atoms with Crippen molar-refractivity contribution in [1.82, 2.24) is 9.88 Å². The number of nitrogens with one attached hydrogen (secondary N) is 1. The Balaban J connectivity index is 2.06. The molecule has 0 bridgehead atoms. The van der Waals surface area contributed by atoms with Gasteiger partial charge in [-0.05, 0) is 44.6 Å². The third-order valence-electron chi connectivity index (χ3n) is 4.31. The van der Waals surface area contributed by atoms with E-state index in [4.69, 9.17) is 0 Å². The minimum Gasteiger partial charge on any atom is -0.508 e. The molecule has 3 rings (SSSR count). The van der Waals surface area contributed by atoms with Gasteiger partial charge in [-0.3, -0.25) is 9.69 Å². The first kappa shape index (κ1) is 13.4. The number of phenolic OH excluding ortho intramolecular Hbond substituents is 1. The SMILES string of the molecule is CN(C)C1(c2ccc(O)cc2)CCc2[nH]c(=O)sc2C1.